The van der Waals surface area contributed by atoms with Crippen molar-refractivity contribution in [2.75, 3.05) is 6.61 Å². The van der Waals surface area contributed by atoms with E-state index in [0.29, 0.717) is 18.7 Å². The summed E-state index contributed by atoms with van der Waals surface area (Å²) < 4.78 is 11.5. The molecule has 0 radical (unpaired) electrons. The minimum Gasteiger partial charge on any atom is -0.493 e. The number of rotatable bonds is 11. The summed E-state index contributed by atoms with van der Waals surface area (Å²) in [5.41, 5.74) is 2.35. The van der Waals surface area contributed by atoms with Crippen LogP contribution in [0.3, 0.4) is 0 Å². The third-order valence-electron chi connectivity index (χ3n) is 4.70. The van der Waals surface area contributed by atoms with Crippen molar-refractivity contribution in [3.8, 4) is 16.9 Å². The molecule has 1 heterocycles. The summed E-state index contributed by atoms with van der Waals surface area (Å²) in [6.45, 7) is 8.17. The highest BCUT2D eigenvalue weighted by atomic mass is 16.6. The second-order valence-electron chi connectivity index (χ2n) is 8.40. The van der Waals surface area contributed by atoms with Gasteiger partial charge >= 0.3 is 5.97 Å². The van der Waals surface area contributed by atoms with Crippen molar-refractivity contribution in [2.45, 2.75) is 71.8 Å². The van der Waals surface area contributed by atoms with Crippen LogP contribution in [0.5, 0.6) is 5.75 Å². The Bertz CT molecular complexity index is 839. The van der Waals surface area contributed by atoms with E-state index in [1.807, 2.05) is 58.0 Å². The fraction of sp³-hybridized carbons (Fsp3) is 0.480. The number of hydrogen-bond acceptors (Lipinski definition) is 5. The number of nitrogens with zero attached hydrogens (tertiary/aromatic N) is 1. The first-order chi connectivity index (χ1) is 14.3. The number of aldehydes is 1. The second kappa shape index (κ2) is 11.5. The number of carbonyl (C=O) groups excluding carboxylic acids is 2. The molecule has 0 fully saturated rings. The summed E-state index contributed by atoms with van der Waals surface area (Å²) in [6.07, 6.45) is 8.47. The quantitative estimate of drug-likeness (QED) is 0.260. The number of benzene rings is 1. The lowest BCUT2D eigenvalue weighted by Gasteiger charge is -2.20. The molecule has 5 heteroatoms. The highest BCUT2D eigenvalue weighted by molar-refractivity contribution is 5.96. The van der Waals surface area contributed by atoms with Crippen LogP contribution in [0.15, 0.2) is 36.5 Å². The van der Waals surface area contributed by atoms with Crippen LogP contribution in [-0.2, 0) is 9.53 Å². The lowest BCUT2D eigenvalue weighted by atomic mass is 9.98. The van der Waals surface area contributed by atoms with Crippen LogP contribution < -0.4 is 4.74 Å². The Hall–Kier alpha value is -2.69. The van der Waals surface area contributed by atoms with Crippen LogP contribution >= 0.6 is 0 Å². The molecule has 0 aliphatic heterocycles. The van der Waals surface area contributed by atoms with E-state index >= 15 is 0 Å². The number of unbranched alkanes of at least 4 members (excludes halogenated alkanes) is 5. The van der Waals surface area contributed by atoms with E-state index in [1.54, 1.807) is 6.20 Å². The molecule has 0 unspecified atom stereocenters. The minimum absolute atomic E-state index is 0.308. The van der Waals surface area contributed by atoms with Gasteiger partial charge in [0.2, 0.25) is 0 Å². The number of carbonyl (C=O) groups is 2. The number of ether oxygens (including phenoxy) is 2. The van der Waals surface area contributed by atoms with Gasteiger partial charge in [0.1, 0.15) is 17.6 Å². The zero-order valence-electron chi connectivity index (χ0n) is 18.6. The van der Waals surface area contributed by atoms with E-state index in [2.05, 4.69) is 4.98 Å². The maximum absolute atomic E-state index is 12.7. The Kier molecular flexibility index (Phi) is 9.03. The topological polar surface area (TPSA) is 65.5 Å². The largest absolute Gasteiger partial charge is 0.493 e. The van der Waals surface area contributed by atoms with Gasteiger partial charge in [-0.3, -0.25) is 0 Å². The average Bonchev–Trinajstić information content (AvgIpc) is 2.70. The molecule has 0 amide bonds. The van der Waals surface area contributed by atoms with Gasteiger partial charge in [-0.05, 0) is 63.8 Å². The molecule has 1 aromatic carbocycles. The van der Waals surface area contributed by atoms with Crippen molar-refractivity contribution in [3.05, 3.63) is 47.8 Å². The van der Waals surface area contributed by atoms with Crippen molar-refractivity contribution < 1.29 is 19.1 Å². The average molecular weight is 412 g/mol. The van der Waals surface area contributed by atoms with Gasteiger partial charge in [-0.15, -0.1) is 0 Å². The van der Waals surface area contributed by atoms with Crippen LogP contribution in [0.2, 0.25) is 0 Å². The SMILES string of the molecule is Cc1c(OCCCCCCCC=O)cccc1-c1cccnc1C(=O)OC(C)(C)C. The first kappa shape index (κ1) is 23.6. The number of aromatic nitrogens is 1. The molecule has 0 N–H and O–H groups in total. The Labute approximate surface area is 179 Å². The molecule has 0 atom stereocenters. The molecule has 0 aliphatic carbocycles. The summed E-state index contributed by atoms with van der Waals surface area (Å²) in [4.78, 5) is 27.3. The molecule has 2 aromatic rings. The molecule has 30 heavy (non-hydrogen) atoms. The normalized spacial score (nSPS) is 11.2. The molecular weight excluding hydrogens is 378 g/mol. The molecule has 0 saturated heterocycles. The molecule has 162 valence electrons. The summed E-state index contributed by atoms with van der Waals surface area (Å²) >= 11 is 0. The number of pyridine rings is 1. The lowest BCUT2D eigenvalue weighted by molar-refractivity contribution is -0.107. The van der Waals surface area contributed by atoms with E-state index < -0.39 is 11.6 Å². The van der Waals surface area contributed by atoms with Crippen molar-refractivity contribution in [1.29, 1.82) is 0 Å². The maximum atomic E-state index is 12.7. The van der Waals surface area contributed by atoms with Crippen molar-refractivity contribution in [2.24, 2.45) is 0 Å². The summed E-state index contributed by atoms with van der Waals surface area (Å²) in [5.74, 6) is 0.380. The van der Waals surface area contributed by atoms with Gasteiger partial charge in [0.25, 0.3) is 0 Å². The zero-order valence-corrected chi connectivity index (χ0v) is 18.6. The third kappa shape index (κ3) is 7.29. The van der Waals surface area contributed by atoms with Gasteiger partial charge < -0.3 is 14.3 Å². The highest BCUT2D eigenvalue weighted by Gasteiger charge is 2.23. The van der Waals surface area contributed by atoms with E-state index in [-0.39, 0.29) is 0 Å². The standard InChI is InChI=1S/C25H33NO4/c1-19-20(21-14-12-16-26-23(21)24(28)30-25(2,3)4)13-11-15-22(19)29-18-10-8-6-5-7-9-17-27/h11-17H,5-10,18H2,1-4H3. The highest BCUT2D eigenvalue weighted by Crippen LogP contribution is 2.32. The predicted molar refractivity (Wildman–Crippen MR) is 119 cm³/mol. The van der Waals surface area contributed by atoms with E-state index in [0.717, 1.165) is 60.8 Å². The summed E-state index contributed by atoms with van der Waals surface area (Å²) in [7, 11) is 0. The van der Waals surface area contributed by atoms with Gasteiger partial charge in [0, 0.05) is 18.2 Å². The predicted octanol–water partition coefficient (Wildman–Crippen LogP) is 5.93. The molecule has 1 aromatic heterocycles. The summed E-state index contributed by atoms with van der Waals surface area (Å²) in [5, 5.41) is 0. The van der Waals surface area contributed by atoms with Crippen molar-refractivity contribution >= 4 is 12.3 Å². The Morgan fingerprint density at radius 3 is 2.43 bits per heavy atom. The van der Waals surface area contributed by atoms with Crippen LogP contribution in [0.25, 0.3) is 11.1 Å². The zero-order chi connectivity index (χ0) is 22.0. The van der Waals surface area contributed by atoms with Crippen LogP contribution in [-0.4, -0.2) is 29.4 Å². The van der Waals surface area contributed by atoms with E-state index in [4.69, 9.17) is 9.47 Å². The van der Waals surface area contributed by atoms with Gasteiger partial charge in [-0.2, -0.15) is 0 Å². The fourth-order valence-electron chi connectivity index (χ4n) is 3.22. The Morgan fingerprint density at radius 2 is 1.70 bits per heavy atom. The Morgan fingerprint density at radius 1 is 1.00 bits per heavy atom. The van der Waals surface area contributed by atoms with Gasteiger partial charge in [-0.1, -0.05) is 37.5 Å². The Balaban J connectivity index is 2.06. The number of hydrogen-bond donors (Lipinski definition) is 0. The monoisotopic (exact) mass is 411 g/mol. The molecule has 0 spiro atoms. The van der Waals surface area contributed by atoms with Gasteiger partial charge in [0.15, 0.2) is 5.69 Å². The minimum atomic E-state index is -0.584. The second-order valence-corrected chi connectivity index (χ2v) is 8.40. The van der Waals surface area contributed by atoms with Crippen LogP contribution in [0.4, 0.5) is 0 Å². The van der Waals surface area contributed by atoms with Gasteiger partial charge in [0.05, 0.1) is 6.61 Å². The smallest absolute Gasteiger partial charge is 0.358 e. The first-order valence-electron chi connectivity index (χ1n) is 10.7. The molecule has 2 rings (SSSR count). The molecule has 5 nitrogen and oxygen atoms in total. The summed E-state index contributed by atoms with van der Waals surface area (Å²) in [6, 6.07) is 9.56. The molecule has 0 aliphatic rings. The van der Waals surface area contributed by atoms with Crippen molar-refractivity contribution in [1.82, 2.24) is 4.98 Å². The van der Waals surface area contributed by atoms with Crippen LogP contribution in [0.1, 0.15) is 75.3 Å². The fourth-order valence-corrected chi connectivity index (χ4v) is 3.22. The molecule has 0 bridgehead atoms. The maximum Gasteiger partial charge on any atom is 0.358 e. The van der Waals surface area contributed by atoms with E-state index in [1.165, 1.54) is 0 Å². The third-order valence-corrected chi connectivity index (χ3v) is 4.70. The van der Waals surface area contributed by atoms with E-state index in [9.17, 15) is 9.59 Å². The molecular formula is C25H33NO4. The van der Waals surface area contributed by atoms with Gasteiger partial charge in [-0.25, -0.2) is 9.78 Å². The molecule has 0 saturated carbocycles. The van der Waals surface area contributed by atoms with Crippen LogP contribution in [0, 0.1) is 6.92 Å². The van der Waals surface area contributed by atoms with Crippen molar-refractivity contribution in [3.63, 3.8) is 0 Å². The number of esters is 1. The first-order valence-corrected chi connectivity index (χ1v) is 10.7. The lowest BCUT2D eigenvalue weighted by Crippen LogP contribution is -2.24.